The van der Waals surface area contributed by atoms with Gasteiger partial charge in [-0.25, -0.2) is 15.0 Å². The second-order valence-corrected chi connectivity index (χ2v) is 3.41. The van der Waals surface area contributed by atoms with Crippen LogP contribution in [0, 0.1) is 0 Å². The molecular weight excluding hydrogens is 176 g/mol. The Kier molecular flexibility index (Phi) is 2.26. The van der Waals surface area contributed by atoms with Crippen molar-refractivity contribution < 1.29 is 0 Å². The topological polar surface area (TPSA) is 54.5 Å². The van der Waals surface area contributed by atoms with Crippen LogP contribution in [-0.4, -0.2) is 19.9 Å². The number of aromatic amines is 1. The summed E-state index contributed by atoms with van der Waals surface area (Å²) in [5.74, 6) is 0. The van der Waals surface area contributed by atoms with Gasteiger partial charge in [0.05, 0.1) is 12.0 Å². The molecule has 0 saturated heterocycles. The predicted molar refractivity (Wildman–Crippen MR) is 54.8 cm³/mol. The van der Waals surface area contributed by atoms with E-state index >= 15 is 0 Å². The highest BCUT2D eigenvalue weighted by molar-refractivity contribution is 5.72. The van der Waals surface area contributed by atoms with E-state index in [1.54, 1.807) is 12.7 Å². The molecule has 0 bridgehead atoms. The Morgan fingerprint density at radius 2 is 2.21 bits per heavy atom. The van der Waals surface area contributed by atoms with E-state index in [2.05, 4.69) is 39.9 Å². The maximum absolute atomic E-state index is 4.22. The van der Waals surface area contributed by atoms with Crippen molar-refractivity contribution in [1.29, 1.82) is 0 Å². The average molecular weight is 188 g/mol. The van der Waals surface area contributed by atoms with Gasteiger partial charge in [0.25, 0.3) is 0 Å². The Bertz CT molecular complexity index is 466. The third-order valence-corrected chi connectivity index (χ3v) is 2.01. The highest BCUT2D eigenvalue weighted by atomic mass is 15.0. The van der Waals surface area contributed by atoms with Crippen molar-refractivity contribution in [2.75, 3.05) is 0 Å². The number of rotatable bonds is 2. The first-order chi connectivity index (χ1) is 6.77. The van der Waals surface area contributed by atoms with Crippen LogP contribution in [0.3, 0.4) is 0 Å². The molecule has 0 amide bonds. The molecule has 2 heterocycles. The first kappa shape index (κ1) is 8.87. The number of hydrogen-bond acceptors (Lipinski definition) is 3. The number of nitrogens with one attached hydrogen (secondary N) is 1. The molecule has 0 aromatic carbocycles. The summed E-state index contributed by atoms with van der Waals surface area (Å²) in [5.41, 5.74) is 3.95. The van der Waals surface area contributed by atoms with Gasteiger partial charge in [-0.2, -0.15) is 0 Å². The summed E-state index contributed by atoms with van der Waals surface area (Å²) in [4.78, 5) is 15.4. The molecule has 2 aromatic rings. The first-order valence-electron chi connectivity index (χ1n) is 4.53. The van der Waals surface area contributed by atoms with Crippen molar-refractivity contribution in [3.63, 3.8) is 0 Å². The number of imidazole rings is 1. The minimum atomic E-state index is 0.733. The lowest BCUT2D eigenvalue weighted by Crippen LogP contribution is -1.91. The van der Waals surface area contributed by atoms with Crippen LogP contribution < -0.4 is 0 Å². The Morgan fingerprint density at radius 1 is 1.36 bits per heavy atom. The van der Waals surface area contributed by atoms with Crippen molar-refractivity contribution in [1.82, 2.24) is 19.9 Å². The quantitative estimate of drug-likeness (QED) is 0.732. The van der Waals surface area contributed by atoms with E-state index in [0.717, 1.165) is 23.3 Å². The van der Waals surface area contributed by atoms with Crippen LogP contribution in [0.5, 0.6) is 0 Å². The van der Waals surface area contributed by atoms with Gasteiger partial charge in [0.15, 0.2) is 5.65 Å². The van der Waals surface area contributed by atoms with Gasteiger partial charge in [-0.15, -0.1) is 0 Å². The Labute approximate surface area is 82.1 Å². The molecule has 2 aromatic heterocycles. The molecule has 4 heteroatoms. The Balaban J connectivity index is 2.41. The average Bonchev–Trinajstić information content (AvgIpc) is 2.62. The van der Waals surface area contributed by atoms with E-state index in [-0.39, 0.29) is 0 Å². The second-order valence-electron chi connectivity index (χ2n) is 3.41. The fraction of sp³-hybridized carbons (Fsp3) is 0.300. The molecule has 0 radical (unpaired) electrons. The molecule has 0 aliphatic carbocycles. The minimum absolute atomic E-state index is 0.733. The molecule has 14 heavy (non-hydrogen) atoms. The summed E-state index contributed by atoms with van der Waals surface area (Å²) in [6.07, 6.45) is 6.16. The van der Waals surface area contributed by atoms with Crippen LogP contribution in [0.15, 0.2) is 24.3 Å². The zero-order valence-corrected chi connectivity index (χ0v) is 8.28. The van der Waals surface area contributed by atoms with E-state index in [4.69, 9.17) is 0 Å². The van der Waals surface area contributed by atoms with Crippen molar-refractivity contribution in [3.8, 4) is 0 Å². The van der Waals surface area contributed by atoms with Crippen molar-refractivity contribution in [3.05, 3.63) is 30.0 Å². The molecule has 0 spiro atoms. The Morgan fingerprint density at radius 3 is 3.00 bits per heavy atom. The largest absolute Gasteiger partial charge is 0.342 e. The lowest BCUT2D eigenvalue weighted by atomic mass is 10.2. The van der Waals surface area contributed by atoms with E-state index in [0.29, 0.717) is 0 Å². The van der Waals surface area contributed by atoms with Crippen LogP contribution >= 0.6 is 0 Å². The van der Waals surface area contributed by atoms with E-state index in [1.165, 1.54) is 5.57 Å². The van der Waals surface area contributed by atoms with Gasteiger partial charge in [0.2, 0.25) is 0 Å². The summed E-state index contributed by atoms with van der Waals surface area (Å²) in [5, 5.41) is 0. The number of nitrogens with zero attached hydrogens (tertiary/aromatic N) is 3. The van der Waals surface area contributed by atoms with Gasteiger partial charge in [0.1, 0.15) is 11.8 Å². The van der Waals surface area contributed by atoms with Crippen molar-refractivity contribution in [2.45, 2.75) is 20.3 Å². The maximum atomic E-state index is 4.22. The molecular formula is C10H12N4. The Hall–Kier alpha value is -1.71. The van der Waals surface area contributed by atoms with E-state index < -0.39 is 0 Å². The van der Waals surface area contributed by atoms with Crippen molar-refractivity contribution >= 4 is 11.2 Å². The second kappa shape index (κ2) is 3.57. The fourth-order valence-corrected chi connectivity index (χ4v) is 1.27. The fourth-order valence-electron chi connectivity index (χ4n) is 1.27. The van der Waals surface area contributed by atoms with Gasteiger partial charge in [-0.3, -0.25) is 0 Å². The predicted octanol–water partition coefficient (Wildman–Crippen LogP) is 1.86. The van der Waals surface area contributed by atoms with E-state index in [9.17, 15) is 0 Å². The van der Waals surface area contributed by atoms with Crippen LogP contribution in [-0.2, 0) is 6.42 Å². The van der Waals surface area contributed by atoms with Crippen LogP contribution in [0.1, 0.15) is 19.5 Å². The van der Waals surface area contributed by atoms with Gasteiger partial charge in [0, 0.05) is 6.42 Å². The third-order valence-electron chi connectivity index (χ3n) is 2.01. The summed E-state index contributed by atoms with van der Waals surface area (Å²) in [6, 6.07) is 0. The summed E-state index contributed by atoms with van der Waals surface area (Å²) in [6.45, 7) is 4.15. The summed E-state index contributed by atoms with van der Waals surface area (Å²) < 4.78 is 0. The van der Waals surface area contributed by atoms with Crippen LogP contribution in [0.2, 0.25) is 0 Å². The van der Waals surface area contributed by atoms with Gasteiger partial charge >= 0.3 is 0 Å². The normalized spacial score (nSPS) is 10.4. The molecule has 1 N–H and O–H groups in total. The number of fused-ring (bicyclic) bond motifs is 1. The zero-order valence-electron chi connectivity index (χ0n) is 8.28. The van der Waals surface area contributed by atoms with Crippen molar-refractivity contribution in [2.24, 2.45) is 0 Å². The molecule has 0 fully saturated rings. The molecule has 72 valence electrons. The van der Waals surface area contributed by atoms with Gasteiger partial charge < -0.3 is 4.98 Å². The molecule has 0 aliphatic heterocycles. The molecule has 0 unspecified atom stereocenters. The van der Waals surface area contributed by atoms with E-state index in [1.807, 2.05) is 0 Å². The lowest BCUT2D eigenvalue weighted by molar-refractivity contribution is 1.07. The number of allylic oxidation sites excluding steroid dienone is 2. The van der Waals surface area contributed by atoms with Gasteiger partial charge in [-0.1, -0.05) is 11.6 Å². The maximum Gasteiger partial charge on any atom is 0.180 e. The van der Waals surface area contributed by atoms with Crippen LogP contribution in [0.4, 0.5) is 0 Å². The zero-order chi connectivity index (χ0) is 9.97. The summed E-state index contributed by atoms with van der Waals surface area (Å²) >= 11 is 0. The van der Waals surface area contributed by atoms with Gasteiger partial charge in [-0.05, 0) is 13.8 Å². The third kappa shape index (κ3) is 1.64. The number of H-pyrrole nitrogens is 1. The number of aromatic nitrogens is 4. The SMILES string of the molecule is CC(C)=CCc1ncnc2nc[nH]c12. The minimum Gasteiger partial charge on any atom is -0.342 e. The highest BCUT2D eigenvalue weighted by Gasteiger charge is 2.03. The lowest BCUT2D eigenvalue weighted by Gasteiger charge is -1.96. The number of hydrogen-bond donors (Lipinski definition) is 1. The monoisotopic (exact) mass is 188 g/mol. The molecule has 0 atom stereocenters. The standard InChI is InChI=1S/C10H12N4/c1-7(2)3-4-8-9-10(13-5-11-8)14-6-12-9/h3,5-6H,4H2,1-2H3,(H,11,12,13,14). The summed E-state index contributed by atoms with van der Waals surface area (Å²) in [7, 11) is 0. The highest BCUT2D eigenvalue weighted by Crippen LogP contribution is 2.10. The molecule has 0 saturated carbocycles. The van der Waals surface area contributed by atoms with Crippen LogP contribution in [0.25, 0.3) is 11.2 Å². The molecule has 4 nitrogen and oxygen atoms in total. The molecule has 0 aliphatic rings. The molecule has 2 rings (SSSR count). The smallest absolute Gasteiger partial charge is 0.180 e. The first-order valence-corrected chi connectivity index (χ1v) is 4.53.